The molecule has 3 nitrogen and oxygen atoms in total. The van der Waals surface area contributed by atoms with Crippen LogP contribution in [0.5, 0.6) is 0 Å². The number of nitrogens with one attached hydrogen (secondary N) is 1. The minimum absolute atomic E-state index is 0.513. The number of rotatable bonds is 4. The molecular formula is C14H19NO2. The fourth-order valence-electron chi connectivity index (χ4n) is 2.16. The molecule has 3 heteroatoms. The van der Waals surface area contributed by atoms with Crippen molar-refractivity contribution in [3.63, 3.8) is 0 Å². The van der Waals surface area contributed by atoms with Crippen LogP contribution in [0.4, 0.5) is 0 Å². The molecule has 0 spiro atoms. The SMILES string of the molecule is O=CC1(OCc2ccccc2)CCCNCC1. The number of carbonyl (C=O) groups is 1. The molecule has 1 aromatic carbocycles. The maximum Gasteiger partial charge on any atom is 0.151 e. The molecule has 1 atom stereocenters. The van der Waals surface area contributed by atoms with E-state index >= 15 is 0 Å². The molecule has 2 rings (SSSR count). The Morgan fingerprint density at radius 3 is 2.82 bits per heavy atom. The molecule has 1 aliphatic heterocycles. The predicted octanol–water partition coefficient (Wildman–Crippen LogP) is 1.91. The van der Waals surface area contributed by atoms with Crippen molar-refractivity contribution in [3.8, 4) is 0 Å². The van der Waals surface area contributed by atoms with Gasteiger partial charge in [0.05, 0.1) is 6.61 Å². The summed E-state index contributed by atoms with van der Waals surface area (Å²) in [4.78, 5) is 11.3. The van der Waals surface area contributed by atoms with Crippen LogP contribution in [-0.4, -0.2) is 25.0 Å². The van der Waals surface area contributed by atoms with Gasteiger partial charge in [0, 0.05) is 0 Å². The highest BCUT2D eigenvalue weighted by Gasteiger charge is 2.31. The van der Waals surface area contributed by atoms with Gasteiger partial charge >= 0.3 is 0 Å². The molecule has 1 fully saturated rings. The van der Waals surface area contributed by atoms with E-state index in [1.54, 1.807) is 0 Å². The van der Waals surface area contributed by atoms with Crippen LogP contribution >= 0.6 is 0 Å². The minimum atomic E-state index is -0.584. The van der Waals surface area contributed by atoms with E-state index in [1.807, 2.05) is 30.3 Å². The van der Waals surface area contributed by atoms with Gasteiger partial charge in [-0.25, -0.2) is 0 Å². The fourth-order valence-corrected chi connectivity index (χ4v) is 2.16. The summed E-state index contributed by atoms with van der Waals surface area (Å²) in [5.41, 5.74) is 0.533. The van der Waals surface area contributed by atoms with Crippen molar-refractivity contribution < 1.29 is 9.53 Å². The molecule has 1 heterocycles. The number of benzene rings is 1. The summed E-state index contributed by atoms with van der Waals surface area (Å²) in [5.74, 6) is 0. The quantitative estimate of drug-likeness (QED) is 0.807. The summed E-state index contributed by atoms with van der Waals surface area (Å²) in [6.07, 6.45) is 3.57. The Kier molecular flexibility index (Phi) is 4.29. The van der Waals surface area contributed by atoms with Gasteiger partial charge in [0.2, 0.25) is 0 Å². The Hall–Kier alpha value is -1.19. The first kappa shape index (κ1) is 12.3. The third-order valence-electron chi connectivity index (χ3n) is 3.26. The standard InChI is InChI=1S/C14H19NO2/c16-12-14(7-4-9-15-10-8-14)17-11-13-5-2-1-3-6-13/h1-3,5-6,12,15H,4,7-11H2. The number of hydrogen-bond donors (Lipinski definition) is 1. The zero-order chi connectivity index (χ0) is 12.0. The van der Waals surface area contributed by atoms with Gasteiger partial charge in [0.1, 0.15) is 5.60 Å². The number of carbonyl (C=O) groups excluding carboxylic acids is 1. The largest absolute Gasteiger partial charge is 0.363 e. The van der Waals surface area contributed by atoms with E-state index in [9.17, 15) is 4.79 Å². The summed E-state index contributed by atoms with van der Waals surface area (Å²) in [6, 6.07) is 10.00. The van der Waals surface area contributed by atoms with Crippen molar-refractivity contribution >= 4 is 6.29 Å². The number of ether oxygens (including phenoxy) is 1. The molecule has 1 N–H and O–H groups in total. The topological polar surface area (TPSA) is 38.3 Å². The average molecular weight is 233 g/mol. The fraction of sp³-hybridized carbons (Fsp3) is 0.500. The van der Waals surface area contributed by atoms with Gasteiger partial charge in [-0.2, -0.15) is 0 Å². The Balaban J connectivity index is 1.96. The normalized spacial score (nSPS) is 25.2. The molecule has 0 saturated carbocycles. The van der Waals surface area contributed by atoms with Crippen LogP contribution in [0.25, 0.3) is 0 Å². The molecule has 1 aliphatic rings. The van der Waals surface area contributed by atoms with Crippen LogP contribution in [0.15, 0.2) is 30.3 Å². The van der Waals surface area contributed by atoms with E-state index < -0.39 is 5.60 Å². The van der Waals surface area contributed by atoms with E-state index in [-0.39, 0.29) is 0 Å². The summed E-state index contributed by atoms with van der Waals surface area (Å²) in [7, 11) is 0. The lowest BCUT2D eigenvalue weighted by atomic mass is 9.96. The maximum atomic E-state index is 11.3. The molecule has 1 aromatic rings. The van der Waals surface area contributed by atoms with Gasteiger partial charge in [0.25, 0.3) is 0 Å². The molecule has 0 aromatic heterocycles. The van der Waals surface area contributed by atoms with Gasteiger partial charge in [-0.3, -0.25) is 0 Å². The van der Waals surface area contributed by atoms with Crippen LogP contribution in [0.1, 0.15) is 24.8 Å². The van der Waals surface area contributed by atoms with E-state index in [0.717, 1.165) is 44.2 Å². The van der Waals surface area contributed by atoms with Crippen LogP contribution in [-0.2, 0) is 16.1 Å². The van der Waals surface area contributed by atoms with E-state index in [0.29, 0.717) is 6.61 Å². The van der Waals surface area contributed by atoms with E-state index in [2.05, 4.69) is 5.32 Å². The van der Waals surface area contributed by atoms with Gasteiger partial charge in [-0.15, -0.1) is 0 Å². The highest BCUT2D eigenvalue weighted by molar-refractivity contribution is 5.62. The minimum Gasteiger partial charge on any atom is -0.363 e. The Morgan fingerprint density at radius 1 is 1.24 bits per heavy atom. The van der Waals surface area contributed by atoms with Crippen molar-refractivity contribution in [1.29, 1.82) is 0 Å². The Bertz CT molecular complexity index is 342. The summed E-state index contributed by atoms with van der Waals surface area (Å²) in [5, 5.41) is 3.30. The zero-order valence-electron chi connectivity index (χ0n) is 10.0. The molecule has 0 aliphatic carbocycles. The van der Waals surface area contributed by atoms with Crippen molar-refractivity contribution in [2.75, 3.05) is 13.1 Å². The van der Waals surface area contributed by atoms with E-state index in [4.69, 9.17) is 4.74 Å². The smallest absolute Gasteiger partial charge is 0.151 e. The molecular weight excluding hydrogens is 214 g/mol. The second-order valence-electron chi connectivity index (χ2n) is 4.56. The molecule has 0 radical (unpaired) electrons. The molecule has 1 saturated heterocycles. The zero-order valence-corrected chi connectivity index (χ0v) is 10.0. The average Bonchev–Trinajstić information content (AvgIpc) is 2.64. The van der Waals surface area contributed by atoms with Crippen LogP contribution in [0, 0.1) is 0 Å². The Morgan fingerprint density at radius 2 is 2.06 bits per heavy atom. The molecule has 0 bridgehead atoms. The highest BCUT2D eigenvalue weighted by atomic mass is 16.5. The van der Waals surface area contributed by atoms with Crippen molar-refractivity contribution in [2.24, 2.45) is 0 Å². The highest BCUT2D eigenvalue weighted by Crippen LogP contribution is 2.23. The molecule has 92 valence electrons. The van der Waals surface area contributed by atoms with Gasteiger partial charge in [0.15, 0.2) is 6.29 Å². The predicted molar refractivity (Wildman–Crippen MR) is 66.7 cm³/mol. The molecule has 0 amide bonds. The molecule has 17 heavy (non-hydrogen) atoms. The summed E-state index contributed by atoms with van der Waals surface area (Å²) < 4.78 is 5.88. The lowest BCUT2D eigenvalue weighted by molar-refractivity contribution is -0.135. The maximum absolute atomic E-state index is 11.3. The molecule has 1 unspecified atom stereocenters. The first-order chi connectivity index (χ1) is 8.35. The summed E-state index contributed by atoms with van der Waals surface area (Å²) in [6.45, 7) is 2.34. The third kappa shape index (κ3) is 3.38. The third-order valence-corrected chi connectivity index (χ3v) is 3.26. The van der Waals surface area contributed by atoms with Crippen molar-refractivity contribution in [2.45, 2.75) is 31.5 Å². The lowest BCUT2D eigenvalue weighted by Gasteiger charge is -2.26. The first-order valence-electron chi connectivity index (χ1n) is 6.20. The second-order valence-corrected chi connectivity index (χ2v) is 4.56. The second kappa shape index (κ2) is 5.94. The van der Waals surface area contributed by atoms with Crippen LogP contribution in [0.2, 0.25) is 0 Å². The van der Waals surface area contributed by atoms with Gasteiger partial charge in [-0.05, 0) is 37.9 Å². The van der Waals surface area contributed by atoms with Gasteiger partial charge < -0.3 is 14.8 Å². The number of aldehydes is 1. The Labute approximate surface area is 102 Å². The summed E-state index contributed by atoms with van der Waals surface area (Å²) >= 11 is 0. The van der Waals surface area contributed by atoms with Crippen molar-refractivity contribution in [1.82, 2.24) is 5.32 Å². The van der Waals surface area contributed by atoms with Crippen molar-refractivity contribution in [3.05, 3.63) is 35.9 Å². The first-order valence-corrected chi connectivity index (χ1v) is 6.20. The van der Waals surface area contributed by atoms with Crippen LogP contribution in [0.3, 0.4) is 0 Å². The lowest BCUT2D eigenvalue weighted by Crippen LogP contribution is -2.35. The number of hydrogen-bond acceptors (Lipinski definition) is 3. The van der Waals surface area contributed by atoms with Gasteiger partial charge in [-0.1, -0.05) is 30.3 Å². The monoisotopic (exact) mass is 233 g/mol. The van der Waals surface area contributed by atoms with E-state index in [1.165, 1.54) is 0 Å². The van der Waals surface area contributed by atoms with Crippen LogP contribution < -0.4 is 5.32 Å².